The first kappa shape index (κ1) is 10.6. The molecule has 3 nitrogen and oxygen atoms in total. The van der Waals surface area contributed by atoms with E-state index in [1.807, 2.05) is 6.92 Å². The number of aryl methyl sites for hydroxylation is 1. The third kappa shape index (κ3) is 4.36. The molecule has 13 heavy (non-hydrogen) atoms. The van der Waals surface area contributed by atoms with Crippen molar-refractivity contribution in [3.05, 3.63) is 16.1 Å². The van der Waals surface area contributed by atoms with Gasteiger partial charge >= 0.3 is 0 Å². The lowest BCUT2D eigenvalue weighted by atomic mass is 10.4. The first-order chi connectivity index (χ1) is 6.33. The number of nitrogens with zero attached hydrogens (tertiary/aromatic N) is 1. The molecule has 74 valence electrons. The zero-order valence-corrected chi connectivity index (χ0v) is 8.99. The molecule has 0 aliphatic heterocycles. The summed E-state index contributed by atoms with van der Waals surface area (Å²) in [5, 5.41) is 6.56. The molecule has 0 unspecified atom stereocenters. The number of hydrogen-bond donors (Lipinski definition) is 1. The van der Waals surface area contributed by atoms with E-state index < -0.39 is 0 Å². The Morgan fingerprint density at radius 2 is 2.46 bits per heavy atom. The minimum absolute atomic E-state index is 0.823. The van der Waals surface area contributed by atoms with Crippen molar-refractivity contribution in [3.8, 4) is 0 Å². The predicted octanol–water partition coefficient (Wildman–Crippen LogP) is 1.58. The smallest absolute Gasteiger partial charge is 0.107 e. The van der Waals surface area contributed by atoms with E-state index in [-0.39, 0.29) is 0 Å². The molecule has 0 amide bonds. The van der Waals surface area contributed by atoms with E-state index in [1.54, 1.807) is 18.4 Å². The fourth-order valence-corrected chi connectivity index (χ4v) is 1.76. The van der Waals surface area contributed by atoms with Gasteiger partial charge in [0.25, 0.3) is 0 Å². The van der Waals surface area contributed by atoms with Gasteiger partial charge in [-0.25, -0.2) is 4.98 Å². The molecule has 0 atom stereocenters. The van der Waals surface area contributed by atoms with Gasteiger partial charge in [0.1, 0.15) is 5.01 Å². The summed E-state index contributed by atoms with van der Waals surface area (Å²) in [6.45, 7) is 4.71. The first-order valence-corrected chi connectivity index (χ1v) is 5.31. The topological polar surface area (TPSA) is 34.1 Å². The van der Waals surface area contributed by atoms with Crippen LogP contribution in [0.25, 0.3) is 0 Å². The zero-order chi connectivity index (χ0) is 9.52. The fourth-order valence-electron chi connectivity index (χ4n) is 1.02. The average molecular weight is 200 g/mol. The monoisotopic (exact) mass is 200 g/mol. The van der Waals surface area contributed by atoms with Crippen molar-refractivity contribution in [2.45, 2.75) is 19.9 Å². The van der Waals surface area contributed by atoms with Crippen LogP contribution in [0.5, 0.6) is 0 Å². The summed E-state index contributed by atoms with van der Waals surface area (Å²) >= 11 is 1.71. The quantitative estimate of drug-likeness (QED) is 0.708. The number of ether oxygens (including phenoxy) is 1. The Labute approximate surface area is 83.1 Å². The van der Waals surface area contributed by atoms with Crippen molar-refractivity contribution in [1.82, 2.24) is 10.3 Å². The molecular weight excluding hydrogens is 184 g/mol. The summed E-state index contributed by atoms with van der Waals surface area (Å²) in [7, 11) is 1.73. The molecule has 1 heterocycles. The summed E-state index contributed by atoms with van der Waals surface area (Å²) in [5.41, 5.74) is 1.11. The largest absolute Gasteiger partial charge is 0.385 e. The maximum atomic E-state index is 4.95. The number of nitrogens with one attached hydrogen (secondary N) is 1. The Morgan fingerprint density at radius 3 is 3.08 bits per heavy atom. The standard InChI is InChI=1S/C9H16N2OS/c1-8-7-13-9(11-8)6-10-4-3-5-12-2/h7,10H,3-6H2,1-2H3. The summed E-state index contributed by atoms with van der Waals surface area (Å²) in [6, 6.07) is 0. The summed E-state index contributed by atoms with van der Waals surface area (Å²) in [6.07, 6.45) is 1.06. The van der Waals surface area contributed by atoms with E-state index in [2.05, 4.69) is 15.7 Å². The third-order valence-electron chi connectivity index (χ3n) is 1.64. The Hall–Kier alpha value is -0.450. The van der Waals surface area contributed by atoms with Gasteiger partial charge in [0.2, 0.25) is 0 Å². The van der Waals surface area contributed by atoms with Crippen LogP contribution in [0.3, 0.4) is 0 Å². The third-order valence-corrected chi connectivity index (χ3v) is 2.61. The molecule has 1 rings (SSSR count). The lowest BCUT2D eigenvalue weighted by molar-refractivity contribution is 0.194. The Balaban J connectivity index is 2.06. The van der Waals surface area contributed by atoms with Crippen LogP contribution in [0, 0.1) is 6.92 Å². The molecule has 0 spiro atoms. The Morgan fingerprint density at radius 1 is 1.62 bits per heavy atom. The maximum absolute atomic E-state index is 4.95. The van der Waals surface area contributed by atoms with Crippen molar-refractivity contribution in [2.75, 3.05) is 20.3 Å². The van der Waals surface area contributed by atoms with E-state index in [9.17, 15) is 0 Å². The maximum Gasteiger partial charge on any atom is 0.107 e. The second-order valence-corrected chi connectivity index (χ2v) is 3.85. The summed E-state index contributed by atoms with van der Waals surface area (Å²) in [5.74, 6) is 0. The second kappa shape index (κ2) is 6.07. The van der Waals surface area contributed by atoms with Crippen LogP contribution >= 0.6 is 11.3 Å². The Kier molecular flexibility index (Phi) is 4.97. The highest BCUT2D eigenvalue weighted by molar-refractivity contribution is 7.09. The van der Waals surface area contributed by atoms with E-state index in [4.69, 9.17) is 4.74 Å². The van der Waals surface area contributed by atoms with E-state index in [0.717, 1.165) is 36.8 Å². The van der Waals surface area contributed by atoms with E-state index in [0.29, 0.717) is 0 Å². The molecule has 1 aromatic heterocycles. The van der Waals surface area contributed by atoms with Crippen molar-refractivity contribution >= 4 is 11.3 Å². The van der Waals surface area contributed by atoms with Gasteiger partial charge in [0, 0.05) is 31.3 Å². The summed E-state index contributed by atoms with van der Waals surface area (Å²) in [4.78, 5) is 4.35. The fraction of sp³-hybridized carbons (Fsp3) is 0.667. The number of hydrogen-bond acceptors (Lipinski definition) is 4. The molecular formula is C9H16N2OS. The van der Waals surface area contributed by atoms with Gasteiger partial charge in [-0.15, -0.1) is 11.3 Å². The molecule has 0 aromatic carbocycles. The van der Waals surface area contributed by atoms with Crippen molar-refractivity contribution in [3.63, 3.8) is 0 Å². The van der Waals surface area contributed by atoms with Gasteiger partial charge in [-0.3, -0.25) is 0 Å². The van der Waals surface area contributed by atoms with Gasteiger partial charge in [0.05, 0.1) is 0 Å². The van der Waals surface area contributed by atoms with Crippen molar-refractivity contribution in [2.24, 2.45) is 0 Å². The number of methoxy groups -OCH3 is 1. The van der Waals surface area contributed by atoms with Gasteiger partial charge < -0.3 is 10.1 Å². The number of thiazole rings is 1. The molecule has 0 aliphatic carbocycles. The minimum atomic E-state index is 0.823. The Bertz CT molecular complexity index is 237. The van der Waals surface area contributed by atoms with Crippen molar-refractivity contribution < 1.29 is 4.74 Å². The molecule has 4 heteroatoms. The average Bonchev–Trinajstić information content (AvgIpc) is 2.51. The molecule has 0 saturated carbocycles. The minimum Gasteiger partial charge on any atom is -0.385 e. The number of rotatable bonds is 6. The van der Waals surface area contributed by atoms with Gasteiger partial charge in [0.15, 0.2) is 0 Å². The molecule has 0 radical (unpaired) electrons. The van der Waals surface area contributed by atoms with Crippen molar-refractivity contribution in [1.29, 1.82) is 0 Å². The SMILES string of the molecule is COCCCNCc1nc(C)cs1. The molecule has 0 saturated heterocycles. The van der Waals surface area contributed by atoms with Crippen LogP contribution in [0.1, 0.15) is 17.1 Å². The first-order valence-electron chi connectivity index (χ1n) is 4.43. The van der Waals surface area contributed by atoms with Crippen LogP contribution in [0.15, 0.2) is 5.38 Å². The van der Waals surface area contributed by atoms with E-state index in [1.165, 1.54) is 0 Å². The van der Waals surface area contributed by atoms with E-state index >= 15 is 0 Å². The van der Waals surface area contributed by atoms with Gasteiger partial charge in [-0.2, -0.15) is 0 Å². The highest BCUT2D eigenvalue weighted by atomic mass is 32.1. The highest BCUT2D eigenvalue weighted by Gasteiger charge is 1.96. The van der Waals surface area contributed by atoms with Crippen LogP contribution in [-0.4, -0.2) is 25.2 Å². The van der Waals surface area contributed by atoms with Crippen LogP contribution in [0.4, 0.5) is 0 Å². The van der Waals surface area contributed by atoms with Crippen LogP contribution in [-0.2, 0) is 11.3 Å². The molecule has 0 aliphatic rings. The van der Waals surface area contributed by atoms with Crippen LogP contribution < -0.4 is 5.32 Å². The predicted molar refractivity (Wildman–Crippen MR) is 55.1 cm³/mol. The molecule has 1 N–H and O–H groups in total. The molecule has 1 aromatic rings. The lowest BCUT2D eigenvalue weighted by Crippen LogP contribution is -2.15. The molecule has 0 bridgehead atoms. The van der Waals surface area contributed by atoms with Gasteiger partial charge in [-0.05, 0) is 19.9 Å². The normalized spacial score (nSPS) is 10.6. The van der Waals surface area contributed by atoms with Gasteiger partial charge in [-0.1, -0.05) is 0 Å². The second-order valence-electron chi connectivity index (χ2n) is 2.91. The zero-order valence-electron chi connectivity index (χ0n) is 8.17. The highest BCUT2D eigenvalue weighted by Crippen LogP contribution is 2.07. The molecule has 0 fully saturated rings. The number of aromatic nitrogens is 1. The summed E-state index contributed by atoms with van der Waals surface area (Å²) < 4.78 is 4.95. The lowest BCUT2D eigenvalue weighted by Gasteiger charge is -2.00. The van der Waals surface area contributed by atoms with Crippen LogP contribution in [0.2, 0.25) is 0 Å².